The zero-order chi connectivity index (χ0) is 74.0. The van der Waals surface area contributed by atoms with Gasteiger partial charge in [0.25, 0.3) is 0 Å². The maximum absolute atomic E-state index is 4.64. The largest absolute Gasteiger partial charge is 0.346 e. The number of nitrogens with zero attached hydrogens (tertiary/aromatic N) is 20. The smallest absolute Gasteiger partial charge is 0.215 e. The van der Waals surface area contributed by atoms with Crippen molar-refractivity contribution in [1.29, 1.82) is 0 Å². The van der Waals surface area contributed by atoms with Crippen molar-refractivity contribution in [3.63, 3.8) is 0 Å². The summed E-state index contributed by atoms with van der Waals surface area (Å²) in [7, 11) is 14.6. The molecule has 20 nitrogen and oxygen atoms in total. The van der Waals surface area contributed by atoms with Gasteiger partial charge in [-0.05, 0) is 210 Å². The molecular formula is C85H92N20. The molecule has 21 rings (SSSR count). The van der Waals surface area contributed by atoms with Gasteiger partial charge in [0.1, 0.15) is 44.9 Å². The quantitative estimate of drug-likeness (QED) is 0.148. The van der Waals surface area contributed by atoms with Crippen LogP contribution in [-0.4, -0.2) is 92.7 Å². The molecule has 2 aromatic carbocycles. The summed E-state index contributed by atoms with van der Waals surface area (Å²) in [5.74, 6) is 2.04. The van der Waals surface area contributed by atoms with Gasteiger partial charge in [-0.15, -0.1) is 0 Å². The van der Waals surface area contributed by atoms with Crippen LogP contribution in [0.25, 0.3) is 117 Å². The molecule has 0 aliphatic heterocycles. The van der Waals surface area contributed by atoms with Crippen molar-refractivity contribution in [1.82, 2.24) is 92.7 Å². The number of benzene rings is 2. The Hall–Kier alpha value is -12.3. The van der Waals surface area contributed by atoms with Gasteiger partial charge < -0.3 is 36.4 Å². The molecule has 0 saturated heterocycles. The number of fused-ring (bicyclic) bond motifs is 21. The van der Waals surface area contributed by atoms with Crippen LogP contribution in [0.2, 0.25) is 0 Å². The van der Waals surface area contributed by atoms with Crippen LogP contribution < -0.4 is 0 Å². The van der Waals surface area contributed by atoms with Crippen molar-refractivity contribution in [2.24, 2.45) is 49.3 Å². The second-order valence-corrected chi connectivity index (χ2v) is 28.0. The molecule has 0 fully saturated rings. The fourth-order valence-electron chi connectivity index (χ4n) is 15.2. The van der Waals surface area contributed by atoms with E-state index in [4.69, 9.17) is 0 Å². The molecule has 0 bridgehead atoms. The number of pyridine rings is 5. The Balaban J connectivity index is 0.0000000983. The lowest BCUT2D eigenvalue weighted by Crippen LogP contribution is -1.95. The third-order valence-electron chi connectivity index (χ3n) is 22.6. The molecule has 0 atom stereocenters. The summed E-state index contributed by atoms with van der Waals surface area (Å²) < 4.78 is 30.4. The summed E-state index contributed by atoms with van der Waals surface area (Å²) in [6.45, 7) is 29.8. The summed E-state index contributed by atoms with van der Waals surface area (Å²) in [6.07, 6.45) is 12.6. The third-order valence-corrected chi connectivity index (χ3v) is 22.6. The van der Waals surface area contributed by atoms with E-state index in [9.17, 15) is 0 Å². The van der Waals surface area contributed by atoms with Crippen LogP contribution in [0, 0.1) is 96.9 Å². The van der Waals surface area contributed by atoms with Crippen LogP contribution in [0.3, 0.4) is 0 Å². The van der Waals surface area contributed by atoms with Gasteiger partial charge in [-0.3, -0.25) is 26.4 Å². The lowest BCUT2D eigenvalue weighted by Gasteiger charge is -2.00. The minimum absolute atomic E-state index is 1.02. The minimum Gasteiger partial charge on any atom is -0.346 e. The molecule has 0 unspecified atom stereocenters. The van der Waals surface area contributed by atoms with E-state index in [1.807, 2.05) is 72.8 Å². The van der Waals surface area contributed by atoms with Crippen LogP contribution in [0.4, 0.5) is 0 Å². The Morgan fingerprint density at radius 3 is 1.01 bits per heavy atom. The SMILES string of the molecule is Cc1c(C)n(C)c2c1cn1ccccc21.Cc1c(C)n(C)c2c1nc1ccccn12.Cc1c(C)n(C)c2c1nc1ccccn12.Cc1c(C)n(C)c2nc3ccccn3c12.Cc1c(C)n(C)c2nc3ccccn3c12.Cc1nc2n(C)c3ccccc3n2c1C.Cc1nc2n(C)c3ccccc3n2c1C. The number of imidazole rings is 8. The van der Waals surface area contributed by atoms with Crippen molar-refractivity contribution in [2.45, 2.75) is 96.9 Å². The second-order valence-electron chi connectivity index (χ2n) is 28.0. The Kier molecular flexibility index (Phi) is 17.1. The maximum atomic E-state index is 4.64. The highest BCUT2D eigenvalue weighted by Crippen LogP contribution is 2.32. The van der Waals surface area contributed by atoms with Crippen molar-refractivity contribution in [3.05, 3.63) is 256 Å². The number of rotatable bonds is 0. The molecule has 0 saturated carbocycles. The molecule has 0 spiro atoms. The van der Waals surface area contributed by atoms with Gasteiger partial charge in [-0.2, -0.15) is 0 Å². The van der Waals surface area contributed by atoms with Gasteiger partial charge >= 0.3 is 0 Å². The molecule has 105 heavy (non-hydrogen) atoms. The van der Waals surface area contributed by atoms with E-state index in [0.29, 0.717) is 0 Å². The Bertz CT molecular complexity index is 6130. The van der Waals surface area contributed by atoms with Gasteiger partial charge in [0.05, 0.1) is 55.5 Å². The lowest BCUT2D eigenvalue weighted by atomic mass is 10.2. The van der Waals surface area contributed by atoms with Crippen LogP contribution >= 0.6 is 0 Å². The van der Waals surface area contributed by atoms with Gasteiger partial charge in [-0.1, -0.05) is 54.6 Å². The second kappa shape index (κ2) is 26.2. The first-order chi connectivity index (χ1) is 50.4. The molecule has 19 aromatic heterocycles. The zero-order valence-corrected chi connectivity index (χ0v) is 64.2. The molecule has 0 aliphatic rings. The first-order valence-corrected chi connectivity index (χ1v) is 35.7. The summed E-state index contributed by atoms with van der Waals surface area (Å²) in [5.41, 5.74) is 38.5. The van der Waals surface area contributed by atoms with Crippen LogP contribution in [0.1, 0.15) is 79.1 Å². The summed E-state index contributed by atoms with van der Waals surface area (Å²) in [4.78, 5) is 27.7. The van der Waals surface area contributed by atoms with Crippen molar-refractivity contribution in [2.75, 3.05) is 0 Å². The summed E-state index contributed by atoms with van der Waals surface area (Å²) >= 11 is 0. The van der Waals surface area contributed by atoms with E-state index < -0.39 is 0 Å². The highest BCUT2D eigenvalue weighted by atomic mass is 15.2. The molecule has 0 N–H and O–H groups in total. The predicted octanol–water partition coefficient (Wildman–Crippen LogP) is 17.7. The molecule has 0 aliphatic carbocycles. The number of hydrogen-bond donors (Lipinski definition) is 0. The van der Waals surface area contributed by atoms with E-state index in [1.54, 1.807) is 0 Å². The van der Waals surface area contributed by atoms with Crippen LogP contribution in [-0.2, 0) is 49.3 Å². The van der Waals surface area contributed by atoms with Crippen LogP contribution in [0.15, 0.2) is 177 Å². The molecule has 0 radical (unpaired) electrons. The standard InChI is InChI=1S/C13H14N2.6C12H13N3/c1-9-10(2)14(3)13-11(9)8-15-7-5-4-6-12(13)15;2*1-8-9(2)14(3)12-11(8)15-7-5-4-6-10(15)13-12;2*1-8-9(2)14(3)12-11(8)13-10-6-4-5-7-15(10)12;2*1-8-9(2)15-11-7-5-4-6-10(11)14(3)12(15)13-8/h4-8H,1-3H3;6*4-7H,1-3H3. The van der Waals surface area contributed by atoms with E-state index in [2.05, 4.69) is 343 Å². The predicted molar refractivity (Wildman–Crippen MR) is 430 cm³/mol. The average Bonchev–Trinajstić information content (AvgIpc) is 1.70. The van der Waals surface area contributed by atoms with Gasteiger partial charge in [-0.25, -0.2) is 29.9 Å². The molecule has 20 heteroatoms. The van der Waals surface area contributed by atoms with Crippen molar-refractivity contribution >= 4 is 117 Å². The van der Waals surface area contributed by atoms with E-state index in [-0.39, 0.29) is 0 Å². The van der Waals surface area contributed by atoms with E-state index in [0.717, 1.165) is 67.9 Å². The molecule has 21 aromatic rings. The third kappa shape index (κ3) is 10.9. The molecule has 0 amide bonds. The lowest BCUT2D eigenvalue weighted by molar-refractivity contribution is 0.886. The number of para-hydroxylation sites is 4. The summed E-state index contributed by atoms with van der Waals surface area (Å²) in [6, 6.07) is 47.4. The molecular weight excluding hydrogens is 1300 g/mol. The van der Waals surface area contributed by atoms with E-state index in [1.165, 1.54) is 128 Å². The Morgan fingerprint density at radius 2 is 0.590 bits per heavy atom. The maximum Gasteiger partial charge on any atom is 0.215 e. The fraction of sp³-hybridized carbons (Fsp3) is 0.247. The highest BCUT2D eigenvalue weighted by molar-refractivity contribution is 5.98. The summed E-state index contributed by atoms with van der Waals surface area (Å²) in [5, 5.41) is 1.36. The normalized spacial score (nSPS) is 11.7. The van der Waals surface area contributed by atoms with Gasteiger partial charge in [0.15, 0.2) is 11.3 Å². The number of aryl methyl sites for hydroxylation is 16. The average molecular weight is 1390 g/mol. The zero-order valence-electron chi connectivity index (χ0n) is 64.2. The number of aromatic nitrogens is 20. The van der Waals surface area contributed by atoms with E-state index >= 15 is 0 Å². The Morgan fingerprint density at radius 1 is 0.257 bits per heavy atom. The topological polar surface area (TPSA) is 143 Å². The first kappa shape index (κ1) is 68.4. The minimum atomic E-state index is 1.02. The molecule has 19 heterocycles. The van der Waals surface area contributed by atoms with Crippen LogP contribution in [0.5, 0.6) is 0 Å². The fourth-order valence-corrected chi connectivity index (χ4v) is 15.2. The van der Waals surface area contributed by atoms with Crippen molar-refractivity contribution in [3.8, 4) is 0 Å². The monoisotopic (exact) mass is 1390 g/mol. The van der Waals surface area contributed by atoms with Gasteiger partial charge in [0, 0.05) is 132 Å². The van der Waals surface area contributed by atoms with Crippen molar-refractivity contribution < 1.29 is 0 Å². The first-order valence-electron chi connectivity index (χ1n) is 35.7. The van der Waals surface area contributed by atoms with Gasteiger partial charge in [0.2, 0.25) is 11.6 Å². The highest BCUT2D eigenvalue weighted by Gasteiger charge is 2.20. The Labute approximate surface area is 608 Å². The number of hydrogen-bond acceptors (Lipinski definition) is 6. The molecule has 532 valence electrons.